The summed E-state index contributed by atoms with van der Waals surface area (Å²) in [6, 6.07) is 12.3. The van der Waals surface area contributed by atoms with Crippen LogP contribution >= 0.6 is 15.9 Å². The van der Waals surface area contributed by atoms with Crippen molar-refractivity contribution in [1.82, 2.24) is 10.2 Å². The van der Waals surface area contributed by atoms with Gasteiger partial charge in [-0.05, 0) is 54.3 Å². The van der Waals surface area contributed by atoms with Gasteiger partial charge in [-0.3, -0.25) is 4.79 Å². The Morgan fingerprint density at radius 1 is 1.27 bits per heavy atom. The van der Waals surface area contributed by atoms with Crippen molar-refractivity contribution in [3.63, 3.8) is 0 Å². The molecule has 0 aliphatic carbocycles. The van der Waals surface area contributed by atoms with Crippen LogP contribution in [-0.4, -0.2) is 29.2 Å². The maximum Gasteiger partial charge on any atom is 0.242 e. The Morgan fingerprint density at radius 3 is 2.88 bits per heavy atom. The average Bonchev–Trinajstić information content (AvgIpc) is 3.04. The largest absolute Gasteiger partial charge is 0.354 e. The van der Waals surface area contributed by atoms with Gasteiger partial charge in [0.1, 0.15) is 17.7 Å². The molecule has 6 heteroatoms. The number of amides is 1. The average molecular weight is 416 g/mol. The van der Waals surface area contributed by atoms with Crippen LogP contribution in [0.2, 0.25) is 0 Å². The second-order valence-corrected chi connectivity index (χ2v) is 7.57. The first kappa shape index (κ1) is 17.2. The molecule has 1 fully saturated rings. The lowest BCUT2D eigenvalue weighted by Crippen LogP contribution is -2.45. The Morgan fingerprint density at radius 2 is 2.08 bits per heavy atom. The predicted octanol–water partition coefficient (Wildman–Crippen LogP) is 3.96. The number of hydrogen-bond acceptors (Lipinski definition) is 3. The molecule has 1 amide bonds. The number of halogens is 2. The SMILES string of the molecule is O=C(NCCc1ccc(F)cc1)[C@@H]1CCC2=Nc3ccc(Br)cc3CN21. The van der Waals surface area contributed by atoms with Crippen LogP contribution in [0.5, 0.6) is 0 Å². The quantitative estimate of drug-likeness (QED) is 0.821. The summed E-state index contributed by atoms with van der Waals surface area (Å²) in [7, 11) is 0. The molecule has 0 spiro atoms. The number of fused-ring (bicyclic) bond motifs is 2. The fourth-order valence-electron chi connectivity index (χ4n) is 3.55. The van der Waals surface area contributed by atoms with Gasteiger partial charge in [0.15, 0.2) is 0 Å². The second-order valence-electron chi connectivity index (χ2n) is 6.65. The molecule has 0 radical (unpaired) electrons. The Hall–Kier alpha value is -2.21. The zero-order chi connectivity index (χ0) is 18.1. The third-order valence-electron chi connectivity index (χ3n) is 4.91. The normalized spacial score (nSPS) is 18.2. The molecule has 4 rings (SSSR count). The highest BCUT2D eigenvalue weighted by Gasteiger charge is 2.36. The number of carbonyl (C=O) groups is 1. The molecule has 2 aromatic rings. The van der Waals surface area contributed by atoms with Gasteiger partial charge in [-0.15, -0.1) is 0 Å². The number of nitrogens with one attached hydrogen (secondary N) is 1. The fourth-order valence-corrected chi connectivity index (χ4v) is 3.96. The van der Waals surface area contributed by atoms with Crippen molar-refractivity contribution in [3.8, 4) is 0 Å². The van der Waals surface area contributed by atoms with E-state index < -0.39 is 0 Å². The molecular formula is C20H19BrFN3O. The first-order chi connectivity index (χ1) is 12.6. The maximum absolute atomic E-state index is 12.9. The summed E-state index contributed by atoms with van der Waals surface area (Å²) in [6.45, 7) is 1.26. The van der Waals surface area contributed by atoms with Gasteiger partial charge in [0.2, 0.25) is 5.91 Å². The molecule has 4 nitrogen and oxygen atoms in total. The maximum atomic E-state index is 12.9. The van der Waals surface area contributed by atoms with Crippen LogP contribution < -0.4 is 5.32 Å². The second kappa shape index (κ2) is 7.19. The standard InChI is InChI=1S/C20H19BrFN3O/c21-15-3-6-17-14(11-15)12-25-18(7-8-19(25)24-17)20(26)23-10-9-13-1-4-16(22)5-2-13/h1-6,11,18H,7-10,12H2,(H,23,26)/t18-/m0/s1. The van der Waals surface area contributed by atoms with E-state index in [2.05, 4.69) is 32.2 Å². The summed E-state index contributed by atoms with van der Waals surface area (Å²) in [5.41, 5.74) is 3.14. The van der Waals surface area contributed by atoms with E-state index in [0.717, 1.165) is 40.0 Å². The number of rotatable bonds is 4. The number of aliphatic imine (C=N–C) groups is 1. The third kappa shape index (κ3) is 3.51. The molecule has 2 aromatic carbocycles. The minimum absolute atomic E-state index is 0.0377. The Balaban J connectivity index is 1.38. The minimum atomic E-state index is -0.243. The van der Waals surface area contributed by atoms with Gasteiger partial charge in [-0.2, -0.15) is 0 Å². The molecule has 134 valence electrons. The van der Waals surface area contributed by atoms with Gasteiger partial charge < -0.3 is 10.2 Å². The van der Waals surface area contributed by atoms with Crippen LogP contribution in [0, 0.1) is 5.82 Å². The third-order valence-corrected chi connectivity index (χ3v) is 5.40. The number of nitrogens with zero attached hydrogens (tertiary/aromatic N) is 2. The van der Waals surface area contributed by atoms with Crippen LogP contribution in [0.15, 0.2) is 51.9 Å². The van der Waals surface area contributed by atoms with Gasteiger partial charge in [-0.25, -0.2) is 9.38 Å². The summed E-state index contributed by atoms with van der Waals surface area (Å²) in [5.74, 6) is 0.793. The topological polar surface area (TPSA) is 44.7 Å². The zero-order valence-corrected chi connectivity index (χ0v) is 15.8. The number of amidine groups is 1. The minimum Gasteiger partial charge on any atom is -0.354 e. The van der Waals surface area contributed by atoms with E-state index in [1.165, 1.54) is 12.1 Å². The van der Waals surface area contributed by atoms with Crippen molar-refractivity contribution in [3.05, 3.63) is 63.9 Å². The molecule has 1 N–H and O–H groups in total. The predicted molar refractivity (Wildman–Crippen MR) is 103 cm³/mol. The Kier molecular flexibility index (Phi) is 4.76. The molecule has 26 heavy (non-hydrogen) atoms. The van der Waals surface area contributed by atoms with Gasteiger partial charge in [-0.1, -0.05) is 28.1 Å². The van der Waals surface area contributed by atoms with Crippen molar-refractivity contribution in [1.29, 1.82) is 0 Å². The summed E-state index contributed by atoms with van der Waals surface area (Å²) >= 11 is 3.50. The fraction of sp³-hybridized carbons (Fsp3) is 0.300. The smallest absolute Gasteiger partial charge is 0.242 e. The van der Waals surface area contributed by atoms with Crippen molar-refractivity contribution >= 4 is 33.4 Å². The van der Waals surface area contributed by atoms with E-state index in [4.69, 9.17) is 4.99 Å². The molecule has 0 aromatic heterocycles. The van der Waals surface area contributed by atoms with Gasteiger partial charge >= 0.3 is 0 Å². The Bertz CT molecular complexity index is 866. The zero-order valence-electron chi connectivity index (χ0n) is 14.2. The van der Waals surface area contributed by atoms with Gasteiger partial charge in [0.25, 0.3) is 0 Å². The number of carbonyl (C=O) groups excluding carboxylic acids is 1. The molecule has 0 unspecified atom stereocenters. The molecular weight excluding hydrogens is 397 g/mol. The van der Waals surface area contributed by atoms with E-state index >= 15 is 0 Å². The monoisotopic (exact) mass is 415 g/mol. The number of hydrogen-bond donors (Lipinski definition) is 1. The molecule has 2 heterocycles. The Labute approximate surface area is 160 Å². The lowest BCUT2D eigenvalue weighted by molar-refractivity contribution is -0.124. The van der Waals surface area contributed by atoms with Crippen molar-refractivity contribution in [2.24, 2.45) is 4.99 Å². The first-order valence-corrected chi connectivity index (χ1v) is 9.54. The number of benzene rings is 2. The highest BCUT2D eigenvalue weighted by Crippen LogP contribution is 2.34. The van der Waals surface area contributed by atoms with E-state index in [-0.39, 0.29) is 17.8 Å². The summed E-state index contributed by atoms with van der Waals surface area (Å²) in [5, 5.41) is 3.02. The molecule has 2 aliphatic rings. The van der Waals surface area contributed by atoms with Crippen molar-refractivity contribution in [2.75, 3.05) is 6.54 Å². The highest BCUT2D eigenvalue weighted by molar-refractivity contribution is 9.10. The van der Waals surface area contributed by atoms with E-state index in [1.54, 1.807) is 12.1 Å². The molecule has 0 saturated carbocycles. The first-order valence-electron chi connectivity index (χ1n) is 8.75. The van der Waals surface area contributed by atoms with Crippen LogP contribution in [0.1, 0.15) is 24.0 Å². The van der Waals surface area contributed by atoms with E-state index in [0.29, 0.717) is 19.5 Å². The van der Waals surface area contributed by atoms with Gasteiger partial charge in [0.05, 0.1) is 5.69 Å². The molecule has 1 saturated heterocycles. The van der Waals surface area contributed by atoms with Gasteiger partial charge in [0, 0.05) is 24.0 Å². The van der Waals surface area contributed by atoms with E-state index in [1.807, 2.05) is 12.1 Å². The highest BCUT2D eigenvalue weighted by atomic mass is 79.9. The van der Waals surface area contributed by atoms with Crippen molar-refractivity contribution in [2.45, 2.75) is 31.8 Å². The van der Waals surface area contributed by atoms with E-state index in [9.17, 15) is 9.18 Å². The van der Waals surface area contributed by atoms with Crippen LogP contribution in [0.3, 0.4) is 0 Å². The van der Waals surface area contributed by atoms with Crippen LogP contribution in [-0.2, 0) is 17.8 Å². The van der Waals surface area contributed by atoms with Crippen molar-refractivity contribution < 1.29 is 9.18 Å². The molecule has 0 bridgehead atoms. The molecule has 2 aliphatic heterocycles. The van der Waals surface area contributed by atoms with Crippen LogP contribution in [0.25, 0.3) is 0 Å². The summed E-state index contributed by atoms with van der Waals surface area (Å²) < 4.78 is 14.0. The molecule has 1 atom stereocenters. The summed E-state index contributed by atoms with van der Waals surface area (Å²) in [4.78, 5) is 19.5. The van der Waals surface area contributed by atoms with Crippen LogP contribution in [0.4, 0.5) is 10.1 Å². The lowest BCUT2D eigenvalue weighted by atomic mass is 10.1. The lowest BCUT2D eigenvalue weighted by Gasteiger charge is -2.30. The summed E-state index contributed by atoms with van der Waals surface area (Å²) in [6.07, 6.45) is 2.30.